The molecule has 2 aromatic rings. The number of amides is 1. The van der Waals surface area contributed by atoms with Crippen LogP contribution < -0.4 is 10.1 Å². The van der Waals surface area contributed by atoms with E-state index >= 15 is 0 Å². The van der Waals surface area contributed by atoms with Crippen LogP contribution in [0, 0.1) is 5.92 Å². The van der Waals surface area contributed by atoms with E-state index < -0.39 is 0 Å². The molecule has 1 amide bonds. The van der Waals surface area contributed by atoms with Crippen LogP contribution in [0.25, 0.3) is 0 Å². The minimum atomic E-state index is -0.156. The highest BCUT2D eigenvalue weighted by molar-refractivity contribution is 6.03. The standard InChI is InChI=1S/C19H26N4O2/c1-3-23-14-16(12-20-23)19(24)21-17-4-6-18(7-5-17)25-11-10-22-9-8-15(2)13-22/h4-7,12,14-15H,3,8-11,13H2,1-2H3,(H,21,24)/t15-/m1/s1. The quantitative estimate of drug-likeness (QED) is 0.840. The Morgan fingerprint density at radius 3 is 2.80 bits per heavy atom. The van der Waals surface area contributed by atoms with Gasteiger partial charge in [-0.1, -0.05) is 6.92 Å². The van der Waals surface area contributed by atoms with Gasteiger partial charge in [-0.05, 0) is 50.1 Å². The van der Waals surface area contributed by atoms with Crippen LogP contribution in [0.3, 0.4) is 0 Å². The summed E-state index contributed by atoms with van der Waals surface area (Å²) >= 11 is 0. The second kappa shape index (κ2) is 8.16. The molecule has 2 heterocycles. The van der Waals surface area contributed by atoms with Crippen molar-refractivity contribution in [3.8, 4) is 5.75 Å². The minimum Gasteiger partial charge on any atom is -0.492 e. The van der Waals surface area contributed by atoms with Crippen molar-refractivity contribution in [3.05, 3.63) is 42.2 Å². The van der Waals surface area contributed by atoms with Crippen LogP contribution >= 0.6 is 0 Å². The highest BCUT2D eigenvalue weighted by atomic mass is 16.5. The number of carbonyl (C=O) groups excluding carboxylic acids is 1. The normalized spacial score (nSPS) is 17.6. The molecule has 0 unspecified atom stereocenters. The fraction of sp³-hybridized carbons (Fsp3) is 0.474. The summed E-state index contributed by atoms with van der Waals surface area (Å²) in [6.07, 6.45) is 4.60. The van der Waals surface area contributed by atoms with Gasteiger partial charge in [-0.25, -0.2) is 0 Å². The monoisotopic (exact) mass is 342 g/mol. The maximum absolute atomic E-state index is 12.2. The number of benzene rings is 1. The van der Waals surface area contributed by atoms with Gasteiger partial charge < -0.3 is 10.1 Å². The SMILES string of the molecule is CCn1cc(C(=O)Nc2ccc(OCCN3CC[C@@H](C)C3)cc2)cn1. The van der Waals surface area contributed by atoms with E-state index in [9.17, 15) is 4.79 Å². The number of nitrogens with one attached hydrogen (secondary N) is 1. The Balaban J connectivity index is 1.46. The fourth-order valence-electron chi connectivity index (χ4n) is 3.01. The third kappa shape index (κ3) is 4.82. The number of aryl methyl sites for hydroxylation is 1. The molecule has 6 nitrogen and oxygen atoms in total. The third-order valence-electron chi connectivity index (χ3n) is 4.52. The van der Waals surface area contributed by atoms with Crippen molar-refractivity contribution in [2.24, 2.45) is 5.92 Å². The second-order valence-electron chi connectivity index (χ2n) is 6.61. The second-order valence-corrected chi connectivity index (χ2v) is 6.61. The number of nitrogens with zero attached hydrogens (tertiary/aromatic N) is 3. The van der Waals surface area contributed by atoms with Gasteiger partial charge in [0.05, 0.1) is 11.8 Å². The molecule has 1 aliphatic rings. The molecule has 0 aliphatic carbocycles. The van der Waals surface area contributed by atoms with Crippen LogP contribution in [0.5, 0.6) is 5.75 Å². The van der Waals surface area contributed by atoms with E-state index in [4.69, 9.17) is 4.74 Å². The van der Waals surface area contributed by atoms with Gasteiger partial charge in [0.1, 0.15) is 12.4 Å². The molecule has 1 N–H and O–H groups in total. The van der Waals surface area contributed by atoms with Gasteiger partial charge in [-0.15, -0.1) is 0 Å². The van der Waals surface area contributed by atoms with Crippen LogP contribution in [0.1, 0.15) is 30.6 Å². The molecule has 0 spiro atoms. The van der Waals surface area contributed by atoms with Gasteiger partial charge in [0.15, 0.2) is 0 Å². The van der Waals surface area contributed by atoms with Crippen molar-refractivity contribution in [1.29, 1.82) is 0 Å². The number of hydrogen-bond donors (Lipinski definition) is 1. The molecule has 1 saturated heterocycles. The van der Waals surface area contributed by atoms with Crippen LogP contribution in [-0.4, -0.2) is 46.8 Å². The maximum atomic E-state index is 12.2. The van der Waals surface area contributed by atoms with Crippen LogP contribution in [0.2, 0.25) is 0 Å². The van der Waals surface area contributed by atoms with E-state index in [0.29, 0.717) is 12.2 Å². The largest absolute Gasteiger partial charge is 0.492 e. The first kappa shape index (κ1) is 17.5. The molecule has 1 atom stereocenters. The molecule has 25 heavy (non-hydrogen) atoms. The number of hydrogen-bond acceptors (Lipinski definition) is 4. The number of carbonyl (C=O) groups is 1. The Bertz CT molecular complexity index is 696. The molecule has 0 radical (unpaired) electrons. The topological polar surface area (TPSA) is 59.4 Å². The number of aromatic nitrogens is 2. The van der Waals surface area contributed by atoms with Crippen molar-refractivity contribution in [2.45, 2.75) is 26.8 Å². The Morgan fingerprint density at radius 1 is 1.36 bits per heavy atom. The van der Waals surface area contributed by atoms with Gasteiger partial charge in [0, 0.05) is 31.5 Å². The van der Waals surface area contributed by atoms with E-state index in [0.717, 1.165) is 30.4 Å². The van der Waals surface area contributed by atoms with E-state index in [1.165, 1.54) is 19.5 Å². The zero-order chi connectivity index (χ0) is 17.6. The molecular weight excluding hydrogens is 316 g/mol. The summed E-state index contributed by atoms with van der Waals surface area (Å²) in [7, 11) is 0. The fourth-order valence-corrected chi connectivity index (χ4v) is 3.01. The zero-order valence-electron chi connectivity index (χ0n) is 14.9. The van der Waals surface area contributed by atoms with Crippen molar-refractivity contribution in [1.82, 2.24) is 14.7 Å². The summed E-state index contributed by atoms with van der Waals surface area (Å²) < 4.78 is 7.53. The lowest BCUT2D eigenvalue weighted by atomic mass is 10.2. The highest BCUT2D eigenvalue weighted by Crippen LogP contribution is 2.18. The predicted octanol–water partition coefficient (Wildman–Crippen LogP) is 2.88. The number of anilines is 1. The summed E-state index contributed by atoms with van der Waals surface area (Å²) in [5.74, 6) is 1.47. The number of rotatable bonds is 7. The van der Waals surface area contributed by atoms with Gasteiger partial charge >= 0.3 is 0 Å². The highest BCUT2D eigenvalue weighted by Gasteiger charge is 2.17. The Morgan fingerprint density at radius 2 is 2.16 bits per heavy atom. The van der Waals surface area contributed by atoms with Gasteiger partial charge in [0.25, 0.3) is 5.91 Å². The molecule has 6 heteroatoms. The van der Waals surface area contributed by atoms with Crippen LogP contribution in [-0.2, 0) is 6.54 Å². The molecule has 1 aromatic heterocycles. The molecule has 1 fully saturated rings. The average Bonchev–Trinajstić information content (AvgIpc) is 3.25. The minimum absolute atomic E-state index is 0.156. The van der Waals surface area contributed by atoms with Gasteiger partial charge in [-0.3, -0.25) is 14.4 Å². The summed E-state index contributed by atoms with van der Waals surface area (Å²) in [6, 6.07) is 7.49. The maximum Gasteiger partial charge on any atom is 0.258 e. The molecule has 0 saturated carbocycles. The molecule has 1 aromatic carbocycles. The summed E-state index contributed by atoms with van der Waals surface area (Å²) in [6.45, 7) is 9.01. The van der Waals surface area contributed by atoms with Gasteiger partial charge in [-0.2, -0.15) is 5.10 Å². The van der Waals surface area contributed by atoms with Crippen LogP contribution in [0.15, 0.2) is 36.7 Å². The Kier molecular flexibility index (Phi) is 5.71. The Labute approximate surface area is 148 Å². The summed E-state index contributed by atoms with van der Waals surface area (Å²) in [5, 5.41) is 6.99. The predicted molar refractivity (Wildman–Crippen MR) is 98.0 cm³/mol. The van der Waals surface area contributed by atoms with E-state index in [2.05, 4.69) is 22.2 Å². The van der Waals surface area contributed by atoms with Crippen molar-refractivity contribution < 1.29 is 9.53 Å². The lowest BCUT2D eigenvalue weighted by Crippen LogP contribution is -2.25. The molecule has 134 valence electrons. The van der Waals surface area contributed by atoms with Crippen LogP contribution in [0.4, 0.5) is 5.69 Å². The molecular formula is C19H26N4O2. The van der Waals surface area contributed by atoms with E-state index in [-0.39, 0.29) is 5.91 Å². The Hall–Kier alpha value is -2.34. The van der Waals surface area contributed by atoms with Crippen molar-refractivity contribution in [2.75, 3.05) is 31.6 Å². The molecule has 1 aliphatic heterocycles. The first-order valence-electron chi connectivity index (χ1n) is 8.93. The third-order valence-corrected chi connectivity index (χ3v) is 4.52. The van der Waals surface area contributed by atoms with Gasteiger partial charge in [0.2, 0.25) is 0 Å². The molecule has 3 rings (SSSR count). The summed E-state index contributed by atoms with van der Waals surface area (Å²) in [5.41, 5.74) is 1.30. The van der Waals surface area contributed by atoms with E-state index in [1.54, 1.807) is 17.1 Å². The average molecular weight is 342 g/mol. The van der Waals surface area contributed by atoms with Crippen molar-refractivity contribution >= 4 is 11.6 Å². The van der Waals surface area contributed by atoms with Crippen molar-refractivity contribution in [3.63, 3.8) is 0 Å². The number of ether oxygens (including phenoxy) is 1. The number of likely N-dealkylation sites (tertiary alicyclic amines) is 1. The zero-order valence-corrected chi connectivity index (χ0v) is 14.9. The smallest absolute Gasteiger partial charge is 0.258 e. The lowest BCUT2D eigenvalue weighted by Gasteiger charge is -2.15. The molecule has 0 bridgehead atoms. The first-order chi connectivity index (χ1) is 12.1. The summed E-state index contributed by atoms with van der Waals surface area (Å²) in [4.78, 5) is 14.6. The lowest BCUT2D eigenvalue weighted by molar-refractivity contribution is 0.102. The first-order valence-corrected chi connectivity index (χ1v) is 8.93. The van der Waals surface area contributed by atoms with E-state index in [1.807, 2.05) is 31.2 Å².